The second-order valence-corrected chi connectivity index (χ2v) is 7.10. The number of nitrogens with zero attached hydrogens (tertiary/aromatic N) is 2. The van der Waals surface area contributed by atoms with Gasteiger partial charge in [0.1, 0.15) is 10.9 Å². The van der Waals surface area contributed by atoms with Crippen LogP contribution in [0.5, 0.6) is 0 Å². The molecule has 0 spiro atoms. The van der Waals surface area contributed by atoms with Crippen LogP contribution in [-0.4, -0.2) is 52.9 Å². The molecule has 1 aromatic rings. The molecule has 2 heterocycles. The minimum absolute atomic E-state index is 0.0294. The molecule has 2 rings (SSSR count). The van der Waals surface area contributed by atoms with Crippen LogP contribution >= 0.6 is 11.3 Å². The summed E-state index contributed by atoms with van der Waals surface area (Å²) in [7, 11) is 0. The fourth-order valence-corrected chi connectivity index (χ4v) is 3.66. The Morgan fingerprint density at radius 3 is 2.78 bits per heavy atom. The highest BCUT2D eigenvalue weighted by Crippen LogP contribution is 2.27. The Bertz CT molecular complexity index is 586. The number of aromatic nitrogens is 1. The lowest BCUT2D eigenvalue weighted by atomic mass is 10.1. The smallest absolute Gasteiger partial charge is 0.266 e. The van der Waals surface area contributed by atoms with Crippen molar-refractivity contribution in [2.24, 2.45) is 5.73 Å². The summed E-state index contributed by atoms with van der Waals surface area (Å²) < 4.78 is 0. The molecule has 0 aliphatic carbocycles. The van der Waals surface area contributed by atoms with E-state index in [4.69, 9.17) is 5.73 Å². The van der Waals surface area contributed by atoms with Crippen LogP contribution < -0.4 is 16.4 Å². The Balaban J connectivity index is 2.20. The van der Waals surface area contributed by atoms with Gasteiger partial charge in [0.15, 0.2) is 5.13 Å². The van der Waals surface area contributed by atoms with Gasteiger partial charge < -0.3 is 21.3 Å². The first-order chi connectivity index (χ1) is 10.8. The maximum Gasteiger partial charge on any atom is 0.266 e. The van der Waals surface area contributed by atoms with Gasteiger partial charge >= 0.3 is 0 Å². The lowest BCUT2D eigenvalue weighted by Crippen LogP contribution is -2.47. The van der Waals surface area contributed by atoms with Crippen LogP contribution in [0, 0.1) is 6.92 Å². The molecule has 7 nitrogen and oxygen atoms in total. The predicted molar refractivity (Wildman–Crippen MR) is 91.7 cm³/mol. The van der Waals surface area contributed by atoms with Crippen LogP contribution in [0.25, 0.3) is 0 Å². The third kappa shape index (κ3) is 4.00. The molecule has 1 aliphatic heterocycles. The lowest BCUT2D eigenvalue weighted by molar-refractivity contribution is -0.125. The van der Waals surface area contributed by atoms with E-state index in [9.17, 15) is 9.59 Å². The average Bonchev–Trinajstić information content (AvgIpc) is 3.01. The Labute approximate surface area is 140 Å². The van der Waals surface area contributed by atoms with Gasteiger partial charge in [-0.15, -0.1) is 0 Å². The van der Waals surface area contributed by atoms with Crippen LogP contribution in [0.4, 0.5) is 5.13 Å². The second kappa shape index (κ2) is 7.27. The predicted octanol–water partition coefficient (Wildman–Crippen LogP) is 0.950. The Morgan fingerprint density at radius 1 is 1.48 bits per heavy atom. The molecule has 1 fully saturated rings. The van der Waals surface area contributed by atoms with Crippen LogP contribution in [0.1, 0.15) is 42.6 Å². The van der Waals surface area contributed by atoms with Crippen LogP contribution in [0.3, 0.4) is 0 Å². The fourth-order valence-electron chi connectivity index (χ4n) is 2.67. The zero-order valence-electron chi connectivity index (χ0n) is 14.0. The number of carbonyl (C=O) groups is 2. The highest BCUT2D eigenvalue weighted by Gasteiger charge is 2.39. The largest absolute Gasteiger partial charge is 0.362 e. The number of carbonyl (C=O) groups excluding carboxylic acids is 2. The molecule has 2 amide bonds. The molecule has 1 saturated heterocycles. The molecule has 23 heavy (non-hydrogen) atoms. The van der Waals surface area contributed by atoms with Gasteiger partial charge in [0.05, 0.1) is 5.69 Å². The van der Waals surface area contributed by atoms with Crippen molar-refractivity contribution in [2.45, 2.75) is 52.2 Å². The molecule has 128 valence electrons. The number of nitrogens with two attached hydrogens (primary N) is 1. The second-order valence-electron chi connectivity index (χ2n) is 6.10. The monoisotopic (exact) mass is 339 g/mol. The average molecular weight is 339 g/mol. The van der Waals surface area contributed by atoms with Crippen molar-refractivity contribution < 1.29 is 9.59 Å². The van der Waals surface area contributed by atoms with Gasteiger partial charge in [-0.05, 0) is 34.1 Å². The van der Waals surface area contributed by atoms with E-state index < -0.39 is 6.04 Å². The number of hydrogen-bond donors (Lipinski definition) is 3. The highest BCUT2D eigenvalue weighted by atomic mass is 32.1. The van der Waals surface area contributed by atoms with E-state index in [-0.39, 0.29) is 23.9 Å². The van der Waals surface area contributed by atoms with Crippen molar-refractivity contribution >= 4 is 28.3 Å². The van der Waals surface area contributed by atoms with Gasteiger partial charge in [-0.2, -0.15) is 0 Å². The maximum atomic E-state index is 12.9. The molecular formula is C15H25N5O2S. The normalized spacial score (nSPS) is 20.9. The molecule has 0 aromatic carbocycles. The standard InChI is InChI=1S/C15H25N5O2S/c1-5-17-15-19-9(4)12(23-15)14(22)20-7-10(16)6-11(20)13(21)18-8(2)3/h8,10-11H,5-7,16H2,1-4H3,(H,17,19)(H,18,21)/t10-,11-/m0/s1. The third-order valence-corrected chi connectivity index (χ3v) is 4.75. The number of aryl methyl sites for hydroxylation is 1. The van der Waals surface area contributed by atoms with E-state index in [2.05, 4.69) is 15.6 Å². The van der Waals surface area contributed by atoms with Crippen molar-refractivity contribution in [1.82, 2.24) is 15.2 Å². The minimum atomic E-state index is -0.510. The van der Waals surface area contributed by atoms with Crippen molar-refractivity contribution in [1.29, 1.82) is 0 Å². The van der Waals surface area contributed by atoms with Crippen LogP contribution in [0.15, 0.2) is 0 Å². The number of nitrogens with one attached hydrogen (secondary N) is 2. The number of hydrogen-bond acceptors (Lipinski definition) is 6. The maximum absolute atomic E-state index is 12.9. The summed E-state index contributed by atoms with van der Waals surface area (Å²) in [5, 5.41) is 6.71. The van der Waals surface area contributed by atoms with Gasteiger partial charge in [-0.3, -0.25) is 9.59 Å². The van der Waals surface area contributed by atoms with Crippen LogP contribution in [-0.2, 0) is 4.79 Å². The molecular weight excluding hydrogens is 314 g/mol. The summed E-state index contributed by atoms with van der Waals surface area (Å²) in [5.74, 6) is -0.309. The summed E-state index contributed by atoms with van der Waals surface area (Å²) >= 11 is 1.32. The van der Waals surface area contributed by atoms with E-state index in [0.717, 1.165) is 11.7 Å². The quantitative estimate of drug-likeness (QED) is 0.741. The first kappa shape index (κ1) is 17.7. The van der Waals surface area contributed by atoms with Crippen molar-refractivity contribution in [2.75, 3.05) is 18.4 Å². The van der Waals surface area contributed by atoms with Crippen molar-refractivity contribution in [3.05, 3.63) is 10.6 Å². The molecule has 8 heteroatoms. The number of thiazole rings is 1. The van der Waals surface area contributed by atoms with Gasteiger partial charge in [-0.1, -0.05) is 11.3 Å². The Hall–Kier alpha value is -1.67. The molecule has 4 N–H and O–H groups in total. The molecule has 0 unspecified atom stereocenters. The topological polar surface area (TPSA) is 100 Å². The summed E-state index contributed by atoms with van der Waals surface area (Å²) in [6.45, 7) is 8.72. The SMILES string of the molecule is CCNc1nc(C)c(C(=O)N2C[C@@H](N)C[C@H]2C(=O)NC(C)C)s1. The minimum Gasteiger partial charge on any atom is -0.362 e. The zero-order chi connectivity index (χ0) is 17.1. The molecule has 1 aliphatic rings. The summed E-state index contributed by atoms with van der Waals surface area (Å²) in [6.07, 6.45) is 0.488. The number of anilines is 1. The first-order valence-electron chi connectivity index (χ1n) is 7.91. The molecule has 0 bridgehead atoms. The highest BCUT2D eigenvalue weighted by molar-refractivity contribution is 7.17. The van der Waals surface area contributed by atoms with Crippen molar-refractivity contribution in [3.8, 4) is 0 Å². The van der Waals surface area contributed by atoms with E-state index >= 15 is 0 Å². The first-order valence-corrected chi connectivity index (χ1v) is 8.73. The number of likely N-dealkylation sites (tertiary alicyclic amines) is 1. The fraction of sp³-hybridized carbons (Fsp3) is 0.667. The lowest BCUT2D eigenvalue weighted by Gasteiger charge is -2.24. The van der Waals surface area contributed by atoms with E-state index in [1.165, 1.54) is 11.3 Å². The van der Waals surface area contributed by atoms with Crippen LogP contribution in [0.2, 0.25) is 0 Å². The van der Waals surface area contributed by atoms with E-state index in [1.54, 1.807) is 4.90 Å². The van der Waals surface area contributed by atoms with Gasteiger partial charge in [0, 0.05) is 25.2 Å². The molecule has 2 atom stereocenters. The molecule has 0 saturated carbocycles. The summed E-state index contributed by atoms with van der Waals surface area (Å²) in [4.78, 5) is 31.7. The summed E-state index contributed by atoms with van der Waals surface area (Å²) in [6, 6.07) is -0.658. The van der Waals surface area contributed by atoms with Gasteiger partial charge in [-0.25, -0.2) is 4.98 Å². The molecule has 0 radical (unpaired) electrons. The van der Waals surface area contributed by atoms with E-state index in [1.807, 2.05) is 27.7 Å². The summed E-state index contributed by atoms with van der Waals surface area (Å²) in [5.41, 5.74) is 6.67. The van der Waals surface area contributed by atoms with Crippen molar-refractivity contribution in [3.63, 3.8) is 0 Å². The molecule has 1 aromatic heterocycles. The third-order valence-electron chi connectivity index (χ3n) is 3.65. The number of rotatable bonds is 5. The Kier molecular flexibility index (Phi) is 5.59. The van der Waals surface area contributed by atoms with E-state index in [0.29, 0.717) is 23.5 Å². The van der Waals surface area contributed by atoms with Gasteiger partial charge in [0.2, 0.25) is 5.91 Å². The zero-order valence-corrected chi connectivity index (χ0v) is 14.9. The van der Waals surface area contributed by atoms with Gasteiger partial charge in [0.25, 0.3) is 5.91 Å². The Morgan fingerprint density at radius 2 is 2.17 bits per heavy atom. The number of amides is 2.